The summed E-state index contributed by atoms with van der Waals surface area (Å²) in [7, 11) is 0. The quantitative estimate of drug-likeness (QED) is 0.840. The van der Waals surface area contributed by atoms with Crippen molar-refractivity contribution in [2.45, 2.75) is 51.7 Å². The van der Waals surface area contributed by atoms with Crippen LogP contribution >= 0.6 is 0 Å². The van der Waals surface area contributed by atoms with Crippen molar-refractivity contribution in [3.8, 4) is 5.75 Å². The second-order valence-electron chi connectivity index (χ2n) is 6.88. The molecule has 1 atom stereocenters. The fourth-order valence-electron chi connectivity index (χ4n) is 3.02. The monoisotopic (exact) mass is 316 g/mol. The van der Waals surface area contributed by atoms with Crippen LogP contribution in [0.1, 0.15) is 39.2 Å². The SMILES string of the molecule is CC(C)(C)Oc1cccc2c1CC(=O)N2C1CCC(=O)NC1=O. The van der Waals surface area contributed by atoms with E-state index in [1.807, 2.05) is 39.0 Å². The minimum absolute atomic E-state index is 0.139. The second kappa shape index (κ2) is 5.37. The maximum Gasteiger partial charge on any atom is 0.249 e. The van der Waals surface area contributed by atoms with Gasteiger partial charge in [-0.15, -0.1) is 0 Å². The van der Waals surface area contributed by atoms with E-state index in [0.717, 1.165) is 5.56 Å². The maximum atomic E-state index is 12.5. The van der Waals surface area contributed by atoms with Crippen molar-refractivity contribution < 1.29 is 19.1 Å². The number of carbonyl (C=O) groups excluding carboxylic acids is 3. The largest absolute Gasteiger partial charge is 0.488 e. The van der Waals surface area contributed by atoms with Crippen molar-refractivity contribution in [2.75, 3.05) is 4.90 Å². The number of rotatable bonds is 2. The van der Waals surface area contributed by atoms with Gasteiger partial charge in [0.1, 0.15) is 17.4 Å². The molecule has 3 amide bonds. The Morgan fingerprint density at radius 1 is 1.22 bits per heavy atom. The summed E-state index contributed by atoms with van der Waals surface area (Å²) in [6.45, 7) is 5.84. The molecule has 0 bridgehead atoms. The summed E-state index contributed by atoms with van der Waals surface area (Å²) in [4.78, 5) is 37.4. The van der Waals surface area contributed by atoms with E-state index in [1.165, 1.54) is 4.90 Å². The first-order valence-corrected chi connectivity index (χ1v) is 7.73. The third-order valence-corrected chi connectivity index (χ3v) is 3.90. The van der Waals surface area contributed by atoms with Crippen molar-refractivity contribution >= 4 is 23.4 Å². The molecule has 2 aliphatic heterocycles. The lowest BCUT2D eigenvalue weighted by molar-refractivity contribution is -0.135. The Hall–Kier alpha value is -2.37. The van der Waals surface area contributed by atoms with Crippen molar-refractivity contribution in [1.82, 2.24) is 5.32 Å². The average Bonchev–Trinajstić information content (AvgIpc) is 2.75. The second-order valence-corrected chi connectivity index (χ2v) is 6.88. The Morgan fingerprint density at radius 2 is 1.96 bits per heavy atom. The molecule has 1 N–H and O–H groups in total. The van der Waals surface area contributed by atoms with Gasteiger partial charge in [0.2, 0.25) is 17.7 Å². The molecule has 1 fully saturated rings. The van der Waals surface area contributed by atoms with Gasteiger partial charge in [0, 0.05) is 12.0 Å². The topological polar surface area (TPSA) is 75.7 Å². The number of ether oxygens (including phenoxy) is 1. The first kappa shape index (κ1) is 15.5. The van der Waals surface area contributed by atoms with Gasteiger partial charge in [-0.1, -0.05) is 6.07 Å². The molecule has 1 saturated heterocycles. The van der Waals surface area contributed by atoms with E-state index in [1.54, 1.807) is 0 Å². The predicted molar refractivity (Wildman–Crippen MR) is 84.2 cm³/mol. The van der Waals surface area contributed by atoms with E-state index in [9.17, 15) is 14.4 Å². The van der Waals surface area contributed by atoms with Crippen LogP contribution < -0.4 is 15.0 Å². The molecule has 3 rings (SSSR count). The van der Waals surface area contributed by atoms with Gasteiger partial charge < -0.3 is 4.74 Å². The molecule has 0 aromatic heterocycles. The molecule has 0 saturated carbocycles. The van der Waals surface area contributed by atoms with E-state index in [-0.39, 0.29) is 30.3 Å². The molecule has 6 heteroatoms. The number of imide groups is 1. The Balaban J connectivity index is 1.95. The molecular formula is C17H20N2O4. The summed E-state index contributed by atoms with van der Waals surface area (Å²) in [5.41, 5.74) is 1.13. The Bertz CT molecular complexity index is 690. The summed E-state index contributed by atoms with van der Waals surface area (Å²) in [6, 6.07) is 4.84. The normalized spacial score (nSPS) is 21.3. The van der Waals surface area contributed by atoms with Gasteiger partial charge >= 0.3 is 0 Å². The van der Waals surface area contributed by atoms with Crippen LogP contribution in [0.5, 0.6) is 5.75 Å². The highest BCUT2D eigenvalue weighted by molar-refractivity contribution is 6.10. The van der Waals surface area contributed by atoms with E-state index in [4.69, 9.17) is 4.74 Å². The zero-order valence-corrected chi connectivity index (χ0v) is 13.5. The van der Waals surface area contributed by atoms with Crippen LogP contribution in [-0.4, -0.2) is 29.4 Å². The number of nitrogens with zero attached hydrogens (tertiary/aromatic N) is 1. The molecule has 0 spiro atoms. The number of nitrogens with one attached hydrogen (secondary N) is 1. The smallest absolute Gasteiger partial charge is 0.249 e. The first-order chi connectivity index (χ1) is 10.8. The Morgan fingerprint density at radius 3 is 2.61 bits per heavy atom. The minimum Gasteiger partial charge on any atom is -0.488 e. The molecule has 2 heterocycles. The zero-order valence-electron chi connectivity index (χ0n) is 13.5. The predicted octanol–water partition coefficient (Wildman–Crippen LogP) is 1.56. The van der Waals surface area contributed by atoms with Crippen LogP contribution in [-0.2, 0) is 20.8 Å². The highest BCUT2D eigenvalue weighted by atomic mass is 16.5. The van der Waals surface area contributed by atoms with E-state index in [2.05, 4.69) is 5.32 Å². The third kappa shape index (κ3) is 2.93. The molecule has 2 aliphatic rings. The van der Waals surface area contributed by atoms with Gasteiger partial charge in [-0.25, -0.2) is 0 Å². The summed E-state index contributed by atoms with van der Waals surface area (Å²) < 4.78 is 5.94. The summed E-state index contributed by atoms with van der Waals surface area (Å²) in [5, 5.41) is 2.31. The van der Waals surface area contributed by atoms with E-state index in [0.29, 0.717) is 17.9 Å². The maximum absolute atomic E-state index is 12.5. The molecule has 23 heavy (non-hydrogen) atoms. The van der Waals surface area contributed by atoms with Crippen LogP contribution in [0.15, 0.2) is 18.2 Å². The fourth-order valence-corrected chi connectivity index (χ4v) is 3.02. The van der Waals surface area contributed by atoms with Crippen LogP contribution in [0.2, 0.25) is 0 Å². The molecule has 6 nitrogen and oxygen atoms in total. The average molecular weight is 316 g/mol. The molecule has 1 aromatic rings. The van der Waals surface area contributed by atoms with Gasteiger partial charge in [0.15, 0.2) is 0 Å². The summed E-state index contributed by atoms with van der Waals surface area (Å²) >= 11 is 0. The number of amides is 3. The van der Waals surface area contributed by atoms with E-state index < -0.39 is 11.9 Å². The number of hydrogen-bond donors (Lipinski definition) is 1. The van der Waals surface area contributed by atoms with Crippen molar-refractivity contribution in [3.63, 3.8) is 0 Å². The molecular weight excluding hydrogens is 296 g/mol. The number of anilines is 1. The minimum atomic E-state index is -0.633. The number of carbonyl (C=O) groups is 3. The molecule has 1 unspecified atom stereocenters. The van der Waals surface area contributed by atoms with Crippen molar-refractivity contribution in [3.05, 3.63) is 23.8 Å². The number of benzene rings is 1. The highest BCUT2D eigenvalue weighted by Crippen LogP contribution is 2.39. The third-order valence-electron chi connectivity index (χ3n) is 3.90. The highest BCUT2D eigenvalue weighted by Gasteiger charge is 2.40. The lowest BCUT2D eigenvalue weighted by atomic mass is 10.0. The summed E-state index contributed by atoms with van der Waals surface area (Å²) in [6.07, 6.45) is 0.799. The van der Waals surface area contributed by atoms with Crippen LogP contribution in [0.25, 0.3) is 0 Å². The standard InChI is InChI=1S/C17H20N2O4/c1-17(2,3)23-13-6-4-5-11-10(13)9-15(21)19(11)12-7-8-14(20)18-16(12)22/h4-6,12H,7-9H2,1-3H3,(H,18,20,22). The number of fused-ring (bicyclic) bond motifs is 1. The van der Waals surface area contributed by atoms with Crippen molar-refractivity contribution in [2.24, 2.45) is 0 Å². The first-order valence-electron chi connectivity index (χ1n) is 7.73. The van der Waals surface area contributed by atoms with Crippen LogP contribution in [0.3, 0.4) is 0 Å². The Labute approximate surface area is 134 Å². The van der Waals surface area contributed by atoms with Crippen LogP contribution in [0, 0.1) is 0 Å². The Kier molecular flexibility index (Phi) is 3.62. The molecule has 122 valence electrons. The number of hydrogen-bond acceptors (Lipinski definition) is 4. The number of piperidine rings is 1. The molecule has 0 aliphatic carbocycles. The summed E-state index contributed by atoms with van der Waals surface area (Å²) in [5.74, 6) is -0.176. The lowest BCUT2D eigenvalue weighted by Gasteiger charge is -2.30. The van der Waals surface area contributed by atoms with Gasteiger partial charge in [-0.2, -0.15) is 0 Å². The van der Waals surface area contributed by atoms with E-state index >= 15 is 0 Å². The molecule has 0 radical (unpaired) electrons. The van der Waals surface area contributed by atoms with Gasteiger partial charge in [0.05, 0.1) is 12.1 Å². The zero-order chi connectivity index (χ0) is 16.8. The van der Waals surface area contributed by atoms with Gasteiger partial charge in [-0.05, 0) is 39.3 Å². The lowest BCUT2D eigenvalue weighted by Crippen LogP contribution is -2.53. The van der Waals surface area contributed by atoms with Crippen molar-refractivity contribution in [1.29, 1.82) is 0 Å². The molecule has 1 aromatic carbocycles. The van der Waals surface area contributed by atoms with Gasteiger partial charge in [0.25, 0.3) is 0 Å². The van der Waals surface area contributed by atoms with Gasteiger partial charge in [-0.3, -0.25) is 24.6 Å². The van der Waals surface area contributed by atoms with Crippen LogP contribution in [0.4, 0.5) is 5.69 Å². The fraction of sp³-hybridized carbons (Fsp3) is 0.471.